The Balaban J connectivity index is 1.76. The Hall–Kier alpha value is -2.14. The third kappa shape index (κ3) is 3.67. The van der Waals surface area contributed by atoms with E-state index in [9.17, 15) is 4.79 Å². The van der Waals surface area contributed by atoms with Crippen LogP contribution in [-0.2, 0) is 0 Å². The standard InChI is InChI=1S/C19H22N2O2S/c1-3-16-13-21(17-7-5-6-8-18(17)24-16)19(22)20-14-9-11-15(12-10-14)23-4-2/h5-12,16H,3-4,13H2,1-2H3,(H,20,22)/t16-/m1/s1. The first-order valence-electron chi connectivity index (χ1n) is 8.28. The first-order chi connectivity index (χ1) is 11.7. The van der Waals surface area contributed by atoms with Gasteiger partial charge in [-0.3, -0.25) is 4.90 Å². The molecule has 3 rings (SSSR count). The van der Waals surface area contributed by atoms with Crippen molar-refractivity contribution in [3.63, 3.8) is 0 Å². The number of nitrogens with one attached hydrogen (secondary N) is 1. The summed E-state index contributed by atoms with van der Waals surface area (Å²) in [6.07, 6.45) is 1.03. The SMILES string of the molecule is CCOc1ccc(NC(=O)N2C[C@@H](CC)Sc3ccccc32)cc1. The van der Waals surface area contributed by atoms with Gasteiger partial charge in [0.1, 0.15) is 5.75 Å². The highest BCUT2D eigenvalue weighted by molar-refractivity contribution is 8.00. The number of hydrogen-bond donors (Lipinski definition) is 1. The molecule has 0 fully saturated rings. The minimum atomic E-state index is -0.0923. The molecule has 2 aromatic rings. The number of carbonyl (C=O) groups excluding carboxylic acids is 1. The van der Waals surface area contributed by atoms with Crippen molar-refractivity contribution in [3.8, 4) is 5.75 Å². The van der Waals surface area contributed by atoms with Gasteiger partial charge in [-0.25, -0.2) is 4.79 Å². The summed E-state index contributed by atoms with van der Waals surface area (Å²) in [4.78, 5) is 15.8. The van der Waals surface area contributed by atoms with Gasteiger partial charge in [-0.1, -0.05) is 19.1 Å². The second-order valence-electron chi connectivity index (χ2n) is 5.61. The molecular weight excluding hydrogens is 320 g/mol. The second-order valence-corrected chi connectivity index (χ2v) is 6.96. The largest absolute Gasteiger partial charge is 0.494 e. The molecule has 1 heterocycles. The summed E-state index contributed by atoms with van der Waals surface area (Å²) >= 11 is 1.85. The number of benzene rings is 2. The van der Waals surface area contributed by atoms with Gasteiger partial charge < -0.3 is 10.1 Å². The number of hydrogen-bond acceptors (Lipinski definition) is 3. The van der Waals surface area contributed by atoms with E-state index >= 15 is 0 Å². The highest BCUT2D eigenvalue weighted by Gasteiger charge is 2.28. The molecule has 24 heavy (non-hydrogen) atoms. The van der Waals surface area contributed by atoms with Gasteiger partial charge in [-0.2, -0.15) is 0 Å². The lowest BCUT2D eigenvalue weighted by molar-refractivity contribution is 0.256. The van der Waals surface area contributed by atoms with Crippen molar-refractivity contribution in [1.29, 1.82) is 0 Å². The van der Waals surface area contributed by atoms with Gasteiger partial charge >= 0.3 is 6.03 Å². The van der Waals surface area contributed by atoms with Crippen LogP contribution in [-0.4, -0.2) is 24.4 Å². The molecule has 0 spiro atoms. The van der Waals surface area contributed by atoms with Crippen molar-refractivity contribution in [2.45, 2.75) is 30.4 Å². The van der Waals surface area contributed by atoms with E-state index in [0.29, 0.717) is 11.9 Å². The molecule has 0 radical (unpaired) electrons. The minimum Gasteiger partial charge on any atom is -0.494 e. The first-order valence-corrected chi connectivity index (χ1v) is 9.16. The van der Waals surface area contributed by atoms with Crippen molar-refractivity contribution in [1.82, 2.24) is 0 Å². The Kier molecular flexibility index (Phi) is 5.30. The molecule has 0 aromatic heterocycles. The van der Waals surface area contributed by atoms with E-state index in [4.69, 9.17) is 4.74 Å². The van der Waals surface area contributed by atoms with Crippen molar-refractivity contribution >= 4 is 29.2 Å². The molecule has 5 heteroatoms. The number of ether oxygens (including phenoxy) is 1. The smallest absolute Gasteiger partial charge is 0.326 e. The summed E-state index contributed by atoms with van der Waals surface area (Å²) in [6, 6.07) is 15.5. The summed E-state index contributed by atoms with van der Waals surface area (Å²) in [5.74, 6) is 0.807. The van der Waals surface area contributed by atoms with Gasteiger partial charge in [0.25, 0.3) is 0 Å². The lowest BCUT2D eigenvalue weighted by Crippen LogP contribution is -2.41. The van der Waals surface area contributed by atoms with Gasteiger partial charge in [-0.15, -0.1) is 11.8 Å². The molecule has 2 aromatic carbocycles. The summed E-state index contributed by atoms with van der Waals surface area (Å²) in [6.45, 7) is 5.47. The zero-order valence-electron chi connectivity index (χ0n) is 14.0. The van der Waals surface area contributed by atoms with E-state index in [-0.39, 0.29) is 6.03 Å². The summed E-state index contributed by atoms with van der Waals surface area (Å²) in [5, 5.41) is 3.41. The average Bonchev–Trinajstić information content (AvgIpc) is 2.62. The van der Waals surface area contributed by atoms with E-state index in [1.54, 1.807) is 0 Å². The number of amides is 2. The number of fused-ring (bicyclic) bond motifs is 1. The number of thioether (sulfide) groups is 1. The molecule has 0 aliphatic carbocycles. The predicted octanol–water partition coefficient (Wildman–Crippen LogP) is 5.01. The monoisotopic (exact) mass is 342 g/mol. The fraction of sp³-hybridized carbons (Fsp3) is 0.316. The van der Waals surface area contributed by atoms with E-state index in [1.165, 1.54) is 0 Å². The highest BCUT2D eigenvalue weighted by Crippen LogP contribution is 2.39. The third-order valence-corrected chi connectivity index (χ3v) is 5.37. The van der Waals surface area contributed by atoms with E-state index in [0.717, 1.165) is 35.0 Å². The summed E-state index contributed by atoms with van der Waals surface area (Å²) < 4.78 is 5.43. The Morgan fingerprint density at radius 1 is 1.21 bits per heavy atom. The Bertz CT molecular complexity index is 703. The van der Waals surface area contributed by atoms with Crippen LogP contribution in [0.4, 0.5) is 16.2 Å². The minimum absolute atomic E-state index is 0.0923. The van der Waals surface area contributed by atoms with Crippen molar-refractivity contribution in [2.75, 3.05) is 23.4 Å². The molecule has 4 nitrogen and oxygen atoms in total. The van der Waals surface area contributed by atoms with Gasteiger partial charge in [-0.05, 0) is 49.7 Å². The maximum absolute atomic E-state index is 12.8. The van der Waals surface area contributed by atoms with Gasteiger partial charge in [0.05, 0.1) is 12.3 Å². The van der Waals surface area contributed by atoms with E-state index in [2.05, 4.69) is 18.3 Å². The van der Waals surface area contributed by atoms with Crippen LogP contribution in [0.2, 0.25) is 0 Å². The number of anilines is 2. The maximum atomic E-state index is 12.8. The van der Waals surface area contributed by atoms with Crippen LogP contribution in [0.5, 0.6) is 5.75 Å². The molecule has 1 aliphatic rings. The van der Waals surface area contributed by atoms with Crippen molar-refractivity contribution in [2.24, 2.45) is 0 Å². The van der Waals surface area contributed by atoms with Crippen LogP contribution < -0.4 is 15.0 Å². The zero-order valence-corrected chi connectivity index (χ0v) is 14.8. The van der Waals surface area contributed by atoms with Crippen LogP contribution in [0, 0.1) is 0 Å². The molecular formula is C19H22N2O2S. The first kappa shape index (κ1) is 16.7. The van der Waals surface area contributed by atoms with Crippen LogP contribution in [0.25, 0.3) is 0 Å². The number of para-hydroxylation sites is 1. The van der Waals surface area contributed by atoms with Gasteiger partial charge in [0.15, 0.2) is 0 Å². The average molecular weight is 342 g/mol. The lowest BCUT2D eigenvalue weighted by Gasteiger charge is -2.33. The molecule has 1 atom stereocenters. The molecule has 1 N–H and O–H groups in total. The van der Waals surface area contributed by atoms with Crippen LogP contribution >= 0.6 is 11.8 Å². The highest BCUT2D eigenvalue weighted by atomic mass is 32.2. The fourth-order valence-corrected chi connectivity index (χ4v) is 3.90. The van der Waals surface area contributed by atoms with Crippen LogP contribution in [0.1, 0.15) is 20.3 Å². The zero-order chi connectivity index (χ0) is 16.9. The van der Waals surface area contributed by atoms with Gasteiger partial charge in [0.2, 0.25) is 0 Å². The Morgan fingerprint density at radius 3 is 2.67 bits per heavy atom. The number of carbonyl (C=O) groups is 1. The molecule has 0 saturated heterocycles. The fourth-order valence-electron chi connectivity index (χ4n) is 2.70. The predicted molar refractivity (Wildman–Crippen MR) is 100 cm³/mol. The molecule has 0 unspecified atom stereocenters. The van der Waals surface area contributed by atoms with Crippen LogP contribution in [0.15, 0.2) is 53.4 Å². The summed E-state index contributed by atoms with van der Waals surface area (Å²) in [5.41, 5.74) is 1.75. The van der Waals surface area contributed by atoms with Gasteiger partial charge in [0, 0.05) is 22.4 Å². The quantitative estimate of drug-likeness (QED) is 0.849. The summed E-state index contributed by atoms with van der Waals surface area (Å²) in [7, 11) is 0. The lowest BCUT2D eigenvalue weighted by atomic mass is 10.2. The molecule has 126 valence electrons. The third-order valence-electron chi connectivity index (χ3n) is 3.95. The van der Waals surface area contributed by atoms with E-state index < -0.39 is 0 Å². The number of nitrogens with zero attached hydrogens (tertiary/aromatic N) is 1. The second kappa shape index (κ2) is 7.62. The number of urea groups is 1. The molecule has 0 saturated carbocycles. The van der Waals surface area contributed by atoms with Crippen molar-refractivity contribution < 1.29 is 9.53 Å². The molecule has 1 aliphatic heterocycles. The Morgan fingerprint density at radius 2 is 1.96 bits per heavy atom. The normalized spacial score (nSPS) is 16.4. The Labute approximate surface area is 147 Å². The number of rotatable bonds is 4. The van der Waals surface area contributed by atoms with E-state index in [1.807, 2.05) is 66.1 Å². The van der Waals surface area contributed by atoms with Crippen molar-refractivity contribution in [3.05, 3.63) is 48.5 Å². The van der Waals surface area contributed by atoms with Crippen LogP contribution in [0.3, 0.4) is 0 Å². The molecule has 0 bridgehead atoms. The topological polar surface area (TPSA) is 41.6 Å². The maximum Gasteiger partial charge on any atom is 0.326 e. The molecule has 2 amide bonds.